The molecule has 2 aromatic rings. The highest BCUT2D eigenvalue weighted by molar-refractivity contribution is 8.03. The van der Waals surface area contributed by atoms with Crippen molar-refractivity contribution >= 4 is 49.4 Å². The number of carbonyl (C=O) groups is 3. The number of thioether (sulfide) groups is 1. The van der Waals surface area contributed by atoms with Crippen LogP contribution in [0.1, 0.15) is 45.7 Å². The number of nitro groups is 2. The summed E-state index contributed by atoms with van der Waals surface area (Å²) in [5, 5.41) is 24.5. The number of esters is 1. The molecule has 264 valence electrons. The quantitative estimate of drug-likeness (QED) is 0.0579. The van der Waals surface area contributed by atoms with E-state index in [1.807, 2.05) is 13.8 Å². The number of rotatable bonds is 14. The van der Waals surface area contributed by atoms with Crippen LogP contribution in [0.3, 0.4) is 0 Å². The smallest absolute Gasteiger partial charge is 0.407 e. The van der Waals surface area contributed by atoms with E-state index in [9.17, 15) is 34.6 Å². The van der Waals surface area contributed by atoms with Crippen molar-refractivity contribution in [3.63, 3.8) is 0 Å². The third-order valence-corrected chi connectivity index (χ3v) is 15.1. The molecule has 2 aliphatic heterocycles. The van der Waals surface area contributed by atoms with E-state index in [0.29, 0.717) is 21.8 Å². The molecule has 0 bridgehead atoms. The van der Waals surface area contributed by atoms with Crippen molar-refractivity contribution in [3.05, 3.63) is 90.5 Å². The Morgan fingerprint density at radius 2 is 1.47 bits per heavy atom. The average Bonchev–Trinajstić information content (AvgIpc) is 3.27. The topological polar surface area (TPSA) is 180 Å². The first-order valence-corrected chi connectivity index (χ1v) is 19.7. The number of ether oxygens (including phenoxy) is 2. The van der Waals surface area contributed by atoms with Crippen LogP contribution >= 0.6 is 11.8 Å². The van der Waals surface area contributed by atoms with Crippen LogP contribution in [-0.4, -0.2) is 65.5 Å². The summed E-state index contributed by atoms with van der Waals surface area (Å²) in [6.07, 6.45) is -1.04. The maximum absolute atomic E-state index is 13.7. The van der Waals surface area contributed by atoms with Gasteiger partial charge >= 0.3 is 12.1 Å². The molecule has 16 heteroatoms. The van der Waals surface area contributed by atoms with Gasteiger partial charge in [0.15, 0.2) is 8.32 Å². The van der Waals surface area contributed by atoms with Crippen molar-refractivity contribution in [2.75, 3.05) is 12.3 Å². The number of carbonyl (C=O) groups excluding carboxylic acids is 3. The van der Waals surface area contributed by atoms with Gasteiger partial charge in [-0.25, -0.2) is 9.59 Å². The van der Waals surface area contributed by atoms with E-state index in [1.165, 1.54) is 65.2 Å². The molecule has 2 aliphatic rings. The molecule has 0 aromatic heterocycles. The van der Waals surface area contributed by atoms with E-state index in [-0.39, 0.29) is 65.8 Å². The lowest BCUT2D eigenvalue weighted by Crippen LogP contribution is -2.65. The summed E-state index contributed by atoms with van der Waals surface area (Å²) in [4.78, 5) is 62.6. The molecule has 14 nitrogen and oxygen atoms in total. The van der Waals surface area contributed by atoms with Gasteiger partial charge in [-0.2, -0.15) is 0 Å². The highest BCUT2D eigenvalue weighted by Crippen LogP contribution is 2.52. The first kappa shape index (κ1) is 37.5. The van der Waals surface area contributed by atoms with E-state index in [4.69, 9.17) is 13.9 Å². The Bertz CT molecular complexity index is 1630. The molecular formula is C33H42N4O10SSi. The second kappa shape index (κ2) is 15.1. The molecule has 1 fully saturated rings. The number of hydrogen-bond acceptors (Lipinski definition) is 11. The lowest BCUT2D eigenvalue weighted by Gasteiger charge is -2.50. The van der Waals surface area contributed by atoms with E-state index < -0.39 is 36.1 Å². The molecule has 2 aromatic carbocycles. The SMILES string of the molecule is C[C@@H](O[Si](C)(C)C(C)(C)C)[C@H]1C(=O)N2C(C(=O)OCc3ccc([N+](=O)[O-])cc3)=C(SCCNC(=O)OCc3ccc([N+](=O)[O-])cc3)[C@H](C)[C@H]12. The maximum Gasteiger partial charge on any atom is 0.407 e. The van der Waals surface area contributed by atoms with Crippen LogP contribution in [0.5, 0.6) is 0 Å². The predicted molar refractivity (Wildman–Crippen MR) is 185 cm³/mol. The first-order chi connectivity index (χ1) is 22.9. The molecule has 4 rings (SSSR count). The zero-order chi connectivity index (χ0) is 36.3. The van der Waals surface area contributed by atoms with Gasteiger partial charge in [-0.15, -0.1) is 11.8 Å². The highest BCUT2D eigenvalue weighted by atomic mass is 32.2. The number of amides is 2. The Hall–Kier alpha value is -4.28. The summed E-state index contributed by atoms with van der Waals surface area (Å²) in [5.74, 6) is -1.20. The first-order valence-electron chi connectivity index (χ1n) is 15.8. The number of fused-ring (bicyclic) bond motifs is 1. The lowest BCUT2D eigenvalue weighted by atomic mass is 9.79. The minimum Gasteiger partial charge on any atom is -0.456 e. The molecule has 4 atom stereocenters. The number of non-ortho nitro benzene ring substituents is 2. The second-order valence-corrected chi connectivity index (χ2v) is 19.5. The van der Waals surface area contributed by atoms with E-state index >= 15 is 0 Å². The predicted octanol–water partition coefficient (Wildman–Crippen LogP) is 6.30. The van der Waals surface area contributed by atoms with E-state index in [1.54, 1.807) is 0 Å². The van der Waals surface area contributed by atoms with Crippen LogP contribution in [0, 0.1) is 32.1 Å². The summed E-state index contributed by atoms with van der Waals surface area (Å²) in [6, 6.07) is 11.0. The number of benzene rings is 2. The molecule has 49 heavy (non-hydrogen) atoms. The maximum atomic E-state index is 13.7. The third-order valence-electron chi connectivity index (χ3n) is 9.24. The number of nitro benzene ring substituents is 2. The fourth-order valence-corrected chi connectivity index (χ4v) is 8.14. The van der Waals surface area contributed by atoms with Gasteiger partial charge in [0, 0.05) is 47.4 Å². The Labute approximate surface area is 290 Å². The summed E-state index contributed by atoms with van der Waals surface area (Å²) >= 11 is 1.34. The van der Waals surface area contributed by atoms with Crippen molar-refractivity contribution in [2.45, 2.75) is 78.1 Å². The molecule has 2 amide bonds. The van der Waals surface area contributed by atoms with Crippen LogP contribution in [0.25, 0.3) is 0 Å². The molecular weight excluding hydrogens is 673 g/mol. The fraction of sp³-hybridized carbons (Fsp3) is 0.485. The van der Waals surface area contributed by atoms with Crippen molar-refractivity contribution in [1.82, 2.24) is 10.2 Å². The number of alkyl carbamates (subject to hydrolysis) is 1. The molecule has 0 radical (unpaired) electrons. The fourth-order valence-electron chi connectivity index (χ4n) is 5.57. The highest BCUT2D eigenvalue weighted by Gasteiger charge is 2.61. The zero-order valence-electron chi connectivity index (χ0n) is 28.6. The normalized spacial score (nSPS) is 19.5. The van der Waals surface area contributed by atoms with Gasteiger partial charge in [-0.3, -0.25) is 25.0 Å². The Morgan fingerprint density at radius 3 is 1.96 bits per heavy atom. The Kier molecular flexibility index (Phi) is 11.6. The second-order valence-electron chi connectivity index (χ2n) is 13.6. The molecule has 0 saturated carbocycles. The van der Waals surface area contributed by atoms with Crippen molar-refractivity contribution in [2.24, 2.45) is 11.8 Å². The zero-order valence-corrected chi connectivity index (χ0v) is 30.4. The average molecular weight is 715 g/mol. The van der Waals surface area contributed by atoms with Gasteiger partial charge in [0.2, 0.25) is 5.91 Å². The third kappa shape index (κ3) is 8.48. The summed E-state index contributed by atoms with van der Waals surface area (Å²) < 4.78 is 17.5. The largest absolute Gasteiger partial charge is 0.456 e. The van der Waals surface area contributed by atoms with Crippen molar-refractivity contribution < 1.29 is 38.1 Å². The Balaban J connectivity index is 1.43. The van der Waals surface area contributed by atoms with E-state index in [0.717, 1.165) is 0 Å². The Morgan fingerprint density at radius 1 is 0.959 bits per heavy atom. The molecule has 2 heterocycles. The van der Waals surface area contributed by atoms with Gasteiger partial charge in [-0.05, 0) is 60.4 Å². The number of β-lactam (4-membered cyclic amide) rings is 1. The van der Waals surface area contributed by atoms with Gasteiger partial charge in [0.1, 0.15) is 18.9 Å². The van der Waals surface area contributed by atoms with Crippen LogP contribution in [0.4, 0.5) is 16.2 Å². The van der Waals surface area contributed by atoms with Crippen molar-refractivity contribution in [1.29, 1.82) is 0 Å². The summed E-state index contributed by atoms with van der Waals surface area (Å²) in [5.41, 5.74) is 1.15. The lowest BCUT2D eigenvalue weighted by molar-refractivity contribution is -0.385. The van der Waals surface area contributed by atoms with Crippen LogP contribution < -0.4 is 5.32 Å². The monoisotopic (exact) mass is 714 g/mol. The molecule has 1 saturated heterocycles. The van der Waals surface area contributed by atoms with Crippen molar-refractivity contribution in [3.8, 4) is 0 Å². The molecule has 0 aliphatic carbocycles. The molecule has 0 spiro atoms. The molecule has 0 unspecified atom stereocenters. The minimum atomic E-state index is -2.20. The van der Waals surface area contributed by atoms with Gasteiger partial charge in [0.05, 0.1) is 27.9 Å². The van der Waals surface area contributed by atoms with Gasteiger partial charge in [-0.1, -0.05) is 27.7 Å². The number of nitrogens with one attached hydrogen (secondary N) is 1. The van der Waals surface area contributed by atoms with Crippen LogP contribution in [-0.2, 0) is 36.7 Å². The summed E-state index contributed by atoms with van der Waals surface area (Å²) in [7, 11) is -2.20. The van der Waals surface area contributed by atoms with Gasteiger partial charge < -0.3 is 24.1 Å². The standard InChI is InChI=1S/C33H42N4O10SSi/c1-20-27-26(21(2)47-49(6,7)33(3,4)5)30(38)35(27)28(31(39)45-18-22-8-12-24(13-9-22)36(41)42)29(20)48-17-16-34-32(40)46-19-23-10-14-25(15-11-23)37(43)44/h8-15,20-21,26-27H,16-19H2,1-7H3,(H,34,40)/t20-,21-,26-,27-/m1/s1. The van der Waals surface area contributed by atoms with E-state index in [2.05, 4.69) is 39.2 Å². The summed E-state index contributed by atoms with van der Waals surface area (Å²) in [6.45, 7) is 14.5. The minimum absolute atomic E-state index is 0.0584. The van der Waals surface area contributed by atoms with Gasteiger partial charge in [0.25, 0.3) is 11.4 Å². The molecule has 1 N–H and O–H groups in total. The van der Waals surface area contributed by atoms with Crippen LogP contribution in [0.2, 0.25) is 18.1 Å². The number of nitrogens with zero attached hydrogens (tertiary/aromatic N) is 3. The number of hydrogen-bond donors (Lipinski definition) is 1. The van der Waals surface area contributed by atoms with Crippen LogP contribution in [0.15, 0.2) is 59.1 Å².